The normalized spacial score (nSPS) is 29.5. The molecule has 1 heterocycles. The Bertz CT molecular complexity index is 334. The minimum atomic E-state index is -3.85. The van der Waals surface area contributed by atoms with Crippen LogP contribution in [0.5, 0.6) is 0 Å². The predicted molar refractivity (Wildman–Crippen MR) is 47.6 cm³/mol. The Morgan fingerprint density at radius 2 is 2.14 bits per heavy atom. The molecule has 1 saturated heterocycles. The molecule has 0 aromatic carbocycles. The second kappa shape index (κ2) is 3.48. The lowest BCUT2D eigenvalue weighted by atomic mass is 9.98. The molecular weight excluding hydrogens is 210 g/mol. The van der Waals surface area contributed by atoms with E-state index in [1.54, 1.807) is 13.8 Å². The van der Waals surface area contributed by atoms with Gasteiger partial charge in [-0.15, -0.1) is 0 Å². The van der Waals surface area contributed by atoms with Gasteiger partial charge in [-0.25, -0.2) is 8.98 Å². The number of ether oxygens (including phenoxy) is 1. The van der Waals surface area contributed by atoms with Crippen LogP contribution in [0.15, 0.2) is 0 Å². The van der Waals surface area contributed by atoms with E-state index in [0.29, 0.717) is 0 Å². The lowest BCUT2D eigenvalue weighted by Gasteiger charge is -2.33. The molecule has 1 fully saturated rings. The predicted octanol–water partition coefficient (Wildman–Crippen LogP) is -0.439. The standard InChI is InChI=1S/C7H13NO5S/c1-7(2)4-5(6(9)12-3)13-14(10,11)8-7/h5,8H,4H2,1-3H3/t5-/m1/s1. The van der Waals surface area contributed by atoms with Gasteiger partial charge in [0.05, 0.1) is 7.11 Å². The fourth-order valence-electron chi connectivity index (χ4n) is 1.31. The van der Waals surface area contributed by atoms with Crippen molar-refractivity contribution in [2.24, 2.45) is 0 Å². The molecule has 1 aliphatic rings. The lowest BCUT2D eigenvalue weighted by molar-refractivity contribution is -0.150. The third-order valence-corrected chi connectivity index (χ3v) is 3.09. The largest absolute Gasteiger partial charge is 0.467 e. The molecule has 82 valence electrons. The van der Waals surface area contributed by atoms with Crippen LogP contribution in [-0.2, 0) is 24.0 Å². The first-order valence-electron chi connectivity index (χ1n) is 4.06. The van der Waals surface area contributed by atoms with Crippen LogP contribution < -0.4 is 4.72 Å². The molecule has 0 spiro atoms. The van der Waals surface area contributed by atoms with Gasteiger partial charge in [-0.3, -0.25) is 0 Å². The Hall–Kier alpha value is -0.660. The molecule has 0 aliphatic carbocycles. The van der Waals surface area contributed by atoms with Crippen molar-refractivity contribution in [3.05, 3.63) is 0 Å². The van der Waals surface area contributed by atoms with Crippen LogP contribution in [0, 0.1) is 0 Å². The summed E-state index contributed by atoms with van der Waals surface area (Å²) in [6.45, 7) is 3.34. The molecule has 0 bridgehead atoms. The third-order valence-electron chi connectivity index (χ3n) is 1.80. The summed E-state index contributed by atoms with van der Waals surface area (Å²) in [5.41, 5.74) is -0.698. The van der Waals surface area contributed by atoms with Crippen molar-refractivity contribution < 1.29 is 22.1 Å². The summed E-state index contributed by atoms with van der Waals surface area (Å²) in [5.74, 6) is -0.678. The van der Waals surface area contributed by atoms with Crippen LogP contribution in [0.4, 0.5) is 0 Å². The second-order valence-electron chi connectivity index (χ2n) is 3.75. The molecule has 0 aromatic heterocycles. The van der Waals surface area contributed by atoms with Crippen LogP contribution in [-0.4, -0.2) is 33.1 Å². The molecule has 7 heteroatoms. The van der Waals surface area contributed by atoms with E-state index in [4.69, 9.17) is 0 Å². The molecule has 0 amide bonds. The summed E-state index contributed by atoms with van der Waals surface area (Å²) in [7, 11) is -2.66. The Morgan fingerprint density at radius 1 is 1.57 bits per heavy atom. The molecule has 1 atom stereocenters. The van der Waals surface area contributed by atoms with Gasteiger partial charge in [-0.05, 0) is 13.8 Å². The molecule has 0 unspecified atom stereocenters. The molecule has 0 radical (unpaired) electrons. The van der Waals surface area contributed by atoms with Gasteiger partial charge < -0.3 is 4.74 Å². The average Bonchev–Trinajstić information content (AvgIpc) is 1.97. The highest BCUT2D eigenvalue weighted by molar-refractivity contribution is 7.84. The van der Waals surface area contributed by atoms with E-state index in [1.165, 1.54) is 7.11 Å². The first-order valence-corrected chi connectivity index (χ1v) is 5.47. The fraction of sp³-hybridized carbons (Fsp3) is 0.857. The van der Waals surface area contributed by atoms with Gasteiger partial charge in [0.2, 0.25) is 0 Å². The summed E-state index contributed by atoms with van der Waals surface area (Å²) >= 11 is 0. The van der Waals surface area contributed by atoms with Crippen molar-refractivity contribution in [2.75, 3.05) is 7.11 Å². The summed E-state index contributed by atoms with van der Waals surface area (Å²) in [5, 5.41) is 0. The molecule has 1 rings (SSSR count). The monoisotopic (exact) mass is 223 g/mol. The quantitative estimate of drug-likeness (QED) is 0.609. The Labute approximate surface area is 82.8 Å². The molecule has 1 N–H and O–H groups in total. The van der Waals surface area contributed by atoms with Crippen LogP contribution in [0.25, 0.3) is 0 Å². The van der Waals surface area contributed by atoms with Crippen molar-refractivity contribution in [3.8, 4) is 0 Å². The van der Waals surface area contributed by atoms with Crippen LogP contribution in [0.2, 0.25) is 0 Å². The number of carbonyl (C=O) groups excluding carboxylic acids is 1. The van der Waals surface area contributed by atoms with E-state index in [2.05, 4.69) is 13.6 Å². The Morgan fingerprint density at radius 3 is 2.57 bits per heavy atom. The Balaban J connectivity index is 2.87. The van der Waals surface area contributed by atoms with Crippen LogP contribution in [0.1, 0.15) is 20.3 Å². The lowest BCUT2D eigenvalue weighted by Crippen LogP contribution is -2.54. The molecule has 6 nitrogen and oxygen atoms in total. The van der Waals surface area contributed by atoms with Gasteiger partial charge >= 0.3 is 16.3 Å². The summed E-state index contributed by atoms with van der Waals surface area (Å²) in [6, 6.07) is 0. The SMILES string of the molecule is COC(=O)[C@H]1CC(C)(C)NS(=O)(=O)O1. The van der Waals surface area contributed by atoms with Gasteiger partial charge in [0, 0.05) is 12.0 Å². The zero-order valence-electron chi connectivity index (χ0n) is 8.23. The van der Waals surface area contributed by atoms with Crippen molar-refractivity contribution in [3.63, 3.8) is 0 Å². The Kier molecular flexibility index (Phi) is 2.84. The van der Waals surface area contributed by atoms with Gasteiger partial charge in [0.25, 0.3) is 0 Å². The maximum atomic E-state index is 11.2. The number of rotatable bonds is 1. The number of nitrogens with one attached hydrogen (secondary N) is 1. The van der Waals surface area contributed by atoms with E-state index in [1.807, 2.05) is 0 Å². The molecule has 0 aromatic rings. The fourth-order valence-corrected chi connectivity index (χ4v) is 2.57. The highest BCUT2D eigenvalue weighted by Gasteiger charge is 2.41. The van der Waals surface area contributed by atoms with Crippen molar-refractivity contribution in [1.29, 1.82) is 0 Å². The highest BCUT2D eigenvalue weighted by atomic mass is 32.2. The number of hydrogen-bond acceptors (Lipinski definition) is 5. The van der Waals surface area contributed by atoms with Crippen LogP contribution >= 0.6 is 0 Å². The van der Waals surface area contributed by atoms with Crippen LogP contribution in [0.3, 0.4) is 0 Å². The van der Waals surface area contributed by atoms with E-state index in [0.717, 1.165) is 0 Å². The zero-order valence-corrected chi connectivity index (χ0v) is 9.05. The number of carbonyl (C=O) groups is 1. The number of methoxy groups -OCH3 is 1. The zero-order chi connectivity index (χ0) is 11.0. The van der Waals surface area contributed by atoms with Crippen molar-refractivity contribution in [2.45, 2.75) is 31.9 Å². The molecule has 0 saturated carbocycles. The smallest absolute Gasteiger partial charge is 0.337 e. The first kappa shape index (κ1) is 11.4. The first-order chi connectivity index (χ1) is 6.26. The molecule has 14 heavy (non-hydrogen) atoms. The van der Waals surface area contributed by atoms with Crippen molar-refractivity contribution >= 4 is 16.3 Å². The summed E-state index contributed by atoms with van der Waals surface area (Å²) < 4.78 is 33.6. The van der Waals surface area contributed by atoms with Gasteiger partial charge in [0.15, 0.2) is 6.10 Å². The topological polar surface area (TPSA) is 81.7 Å². The van der Waals surface area contributed by atoms with E-state index < -0.39 is 27.9 Å². The highest BCUT2D eigenvalue weighted by Crippen LogP contribution is 2.22. The molecular formula is C7H13NO5S. The molecule has 1 aliphatic heterocycles. The van der Waals surface area contributed by atoms with E-state index >= 15 is 0 Å². The number of hydrogen-bond donors (Lipinski definition) is 1. The second-order valence-corrected chi connectivity index (χ2v) is 5.06. The van der Waals surface area contributed by atoms with Gasteiger partial charge in [0.1, 0.15) is 0 Å². The van der Waals surface area contributed by atoms with E-state index in [-0.39, 0.29) is 6.42 Å². The average molecular weight is 223 g/mol. The summed E-state index contributed by atoms with van der Waals surface area (Å²) in [4.78, 5) is 11.1. The summed E-state index contributed by atoms with van der Waals surface area (Å²) in [6.07, 6.45) is -0.805. The van der Waals surface area contributed by atoms with Gasteiger partial charge in [-0.2, -0.15) is 13.1 Å². The van der Waals surface area contributed by atoms with E-state index in [9.17, 15) is 13.2 Å². The maximum absolute atomic E-state index is 11.2. The minimum absolute atomic E-state index is 0.249. The minimum Gasteiger partial charge on any atom is -0.467 e. The maximum Gasteiger partial charge on any atom is 0.337 e. The van der Waals surface area contributed by atoms with Gasteiger partial charge in [-0.1, -0.05) is 0 Å². The van der Waals surface area contributed by atoms with Crippen molar-refractivity contribution in [1.82, 2.24) is 4.72 Å². The number of esters is 1. The third kappa shape index (κ3) is 2.66.